The molecule has 1 aromatic carbocycles. The molecule has 0 amide bonds. The van der Waals surface area contributed by atoms with E-state index in [1.165, 1.54) is 38.3 Å². The molecule has 0 N–H and O–H groups in total. The second kappa shape index (κ2) is 17.5. The average molecular weight is 753 g/mol. The molecule has 0 radical (unpaired) electrons. The van der Waals surface area contributed by atoms with Crippen molar-refractivity contribution in [2.75, 3.05) is 13.7 Å². The van der Waals surface area contributed by atoms with Crippen molar-refractivity contribution in [2.24, 2.45) is 0 Å². The van der Waals surface area contributed by atoms with Crippen LogP contribution < -0.4 is 15.1 Å². The molecule has 2 aliphatic rings. The molecule has 10 atom stereocenters. The minimum Gasteiger partial charge on any atom is -0.493 e. The summed E-state index contributed by atoms with van der Waals surface area (Å²) in [4.78, 5) is 85.6. The molecule has 0 spiro atoms. The number of methoxy groups -OCH3 is 1. The van der Waals surface area contributed by atoms with Crippen molar-refractivity contribution in [3.63, 3.8) is 0 Å². The molecule has 4 rings (SSSR count). The summed E-state index contributed by atoms with van der Waals surface area (Å²) in [5, 5.41) is 0.458. The molecule has 0 unspecified atom stereocenters. The van der Waals surface area contributed by atoms with E-state index in [1.807, 2.05) is 0 Å². The molecule has 2 aromatic rings. The summed E-state index contributed by atoms with van der Waals surface area (Å²) in [5.41, 5.74) is -0.591. The van der Waals surface area contributed by atoms with Crippen molar-refractivity contribution in [1.29, 1.82) is 0 Å². The topological polar surface area (TPSA) is 234 Å². The third kappa shape index (κ3) is 10.4. The lowest BCUT2D eigenvalue weighted by Gasteiger charge is -2.48. The first kappa shape index (κ1) is 40.5. The molecule has 2 aliphatic heterocycles. The Morgan fingerprint density at radius 3 is 1.74 bits per heavy atom. The number of hydrogen-bond acceptors (Lipinski definition) is 19. The van der Waals surface area contributed by atoms with Gasteiger partial charge in [0.15, 0.2) is 54.4 Å². The first-order chi connectivity index (χ1) is 25.0. The molecular weight excluding hydrogens is 712 g/mol. The van der Waals surface area contributed by atoms with Crippen molar-refractivity contribution in [2.45, 2.75) is 110 Å². The Bertz CT molecular complexity index is 1750. The number of carbonyl (C=O) groups is 6. The molecule has 290 valence electrons. The van der Waals surface area contributed by atoms with Crippen LogP contribution in [0.5, 0.6) is 11.5 Å². The number of carbonyl (C=O) groups excluding carboxylic acids is 6. The largest absolute Gasteiger partial charge is 0.493 e. The molecule has 53 heavy (non-hydrogen) atoms. The van der Waals surface area contributed by atoms with Gasteiger partial charge in [-0.05, 0) is 19.1 Å². The third-order valence-electron chi connectivity index (χ3n) is 7.72. The SMILES string of the molecule is COc1cc2ccc(=O)oc2cc1O[C@H]1O[C@@H](COC(C)=O)[C@H](OC(C)=O)[C@@H](OC(C)=O)[C@@H]1O[C@@H]1O[C@H](C)[C@@H](OC(C)=O)[C@@H](OC(C)=O)[C@@H]1OC(C)=O. The molecule has 19 heteroatoms. The van der Waals surface area contributed by atoms with Gasteiger partial charge in [0.1, 0.15) is 18.3 Å². The highest BCUT2D eigenvalue weighted by atomic mass is 16.8. The minimum absolute atomic E-state index is 0.0764. The lowest BCUT2D eigenvalue weighted by atomic mass is 9.96. The van der Waals surface area contributed by atoms with E-state index in [-0.39, 0.29) is 17.1 Å². The van der Waals surface area contributed by atoms with E-state index in [4.69, 9.17) is 56.5 Å². The normalized spacial score (nSPS) is 28.2. The van der Waals surface area contributed by atoms with Crippen LogP contribution in [0.3, 0.4) is 0 Å². The van der Waals surface area contributed by atoms with Crippen molar-refractivity contribution < 1.29 is 85.3 Å². The van der Waals surface area contributed by atoms with Crippen LogP contribution in [0.25, 0.3) is 11.0 Å². The van der Waals surface area contributed by atoms with Crippen molar-refractivity contribution >= 4 is 46.8 Å². The number of rotatable bonds is 12. The van der Waals surface area contributed by atoms with Crippen LogP contribution in [-0.4, -0.2) is 111 Å². The summed E-state index contributed by atoms with van der Waals surface area (Å²) in [7, 11) is 1.33. The number of ether oxygens (including phenoxy) is 11. The van der Waals surface area contributed by atoms with E-state index in [2.05, 4.69) is 0 Å². The summed E-state index contributed by atoms with van der Waals surface area (Å²) in [6, 6.07) is 5.51. The van der Waals surface area contributed by atoms with Gasteiger partial charge < -0.3 is 56.5 Å². The lowest BCUT2D eigenvalue weighted by Crippen LogP contribution is -2.67. The fraction of sp³-hybridized carbons (Fsp3) is 0.559. The highest BCUT2D eigenvalue weighted by molar-refractivity contribution is 5.80. The van der Waals surface area contributed by atoms with Gasteiger partial charge in [0.05, 0.1) is 13.2 Å². The zero-order chi connectivity index (χ0) is 39.1. The Labute approximate surface area is 301 Å². The monoisotopic (exact) mass is 752 g/mol. The standard InChI is InChI=1S/C34H40O19/c1-14-27(45-16(3)36)29(47-18(5)38)31(49-20(7)40)33(44-14)53-32-30(48-19(6)39)28(46-17(4)37)25(13-43-15(2)35)52-34(32)51-24-12-22-21(11-23(24)42-8)9-10-26(41)50-22/h9-12,14,25,27-34H,13H2,1-8H3/t14-,25+,27-,28+,29-,30-,31+,32+,33+,34+/m1/s1. The summed E-state index contributed by atoms with van der Waals surface area (Å²) in [6.45, 7) is 7.42. The predicted octanol–water partition coefficient (Wildman–Crippen LogP) is 1.26. The fourth-order valence-corrected chi connectivity index (χ4v) is 5.80. The molecular formula is C34H40O19. The number of hydrogen-bond donors (Lipinski definition) is 0. The fourth-order valence-electron chi connectivity index (χ4n) is 5.80. The maximum Gasteiger partial charge on any atom is 0.336 e. The predicted molar refractivity (Wildman–Crippen MR) is 172 cm³/mol. The Kier molecular flexibility index (Phi) is 13.4. The Morgan fingerprint density at radius 2 is 1.17 bits per heavy atom. The Hall–Kier alpha value is -5.27. The van der Waals surface area contributed by atoms with Gasteiger partial charge in [-0.25, -0.2) is 4.79 Å². The molecule has 0 saturated carbocycles. The van der Waals surface area contributed by atoms with E-state index in [0.29, 0.717) is 5.39 Å². The van der Waals surface area contributed by atoms with Gasteiger partial charge in [-0.1, -0.05) is 0 Å². The Balaban J connectivity index is 1.88. The maximum atomic E-state index is 12.6. The van der Waals surface area contributed by atoms with Crippen LogP contribution in [0.2, 0.25) is 0 Å². The molecule has 1 aromatic heterocycles. The van der Waals surface area contributed by atoms with E-state index in [9.17, 15) is 33.6 Å². The molecule has 0 aliphatic carbocycles. The van der Waals surface area contributed by atoms with Gasteiger partial charge in [0.2, 0.25) is 6.29 Å². The van der Waals surface area contributed by atoms with Gasteiger partial charge in [-0.3, -0.25) is 28.8 Å². The molecule has 19 nitrogen and oxygen atoms in total. The van der Waals surface area contributed by atoms with Crippen LogP contribution in [0.15, 0.2) is 33.5 Å². The number of esters is 6. The average Bonchev–Trinajstić information content (AvgIpc) is 3.04. The van der Waals surface area contributed by atoms with Crippen LogP contribution in [0, 0.1) is 0 Å². The highest BCUT2D eigenvalue weighted by Gasteiger charge is 2.57. The lowest BCUT2D eigenvalue weighted by molar-refractivity contribution is -0.356. The van der Waals surface area contributed by atoms with Crippen LogP contribution in [0.1, 0.15) is 48.5 Å². The van der Waals surface area contributed by atoms with E-state index in [0.717, 1.165) is 41.5 Å². The van der Waals surface area contributed by atoms with Gasteiger partial charge in [-0.15, -0.1) is 0 Å². The summed E-state index contributed by atoms with van der Waals surface area (Å²) in [5.74, 6) is -4.94. The molecule has 2 saturated heterocycles. The summed E-state index contributed by atoms with van der Waals surface area (Å²) >= 11 is 0. The molecule has 0 bridgehead atoms. The third-order valence-corrected chi connectivity index (χ3v) is 7.72. The zero-order valence-corrected chi connectivity index (χ0v) is 30.0. The maximum absolute atomic E-state index is 12.6. The number of benzene rings is 1. The van der Waals surface area contributed by atoms with Gasteiger partial charge in [0, 0.05) is 59.1 Å². The molecule has 3 heterocycles. The zero-order valence-electron chi connectivity index (χ0n) is 30.0. The minimum atomic E-state index is -1.71. The van der Waals surface area contributed by atoms with E-state index >= 15 is 0 Å². The second-order valence-corrected chi connectivity index (χ2v) is 11.9. The quantitative estimate of drug-likeness (QED) is 0.169. The first-order valence-corrected chi connectivity index (χ1v) is 16.2. The van der Waals surface area contributed by atoms with Gasteiger partial charge >= 0.3 is 41.4 Å². The number of fused-ring (bicyclic) bond motifs is 1. The van der Waals surface area contributed by atoms with E-state index in [1.54, 1.807) is 0 Å². The van der Waals surface area contributed by atoms with Crippen molar-refractivity contribution in [1.82, 2.24) is 0 Å². The summed E-state index contributed by atoms with van der Waals surface area (Å²) < 4.78 is 68.5. The van der Waals surface area contributed by atoms with Gasteiger partial charge in [0.25, 0.3) is 0 Å². The highest BCUT2D eigenvalue weighted by Crippen LogP contribution is 2.38. The van der Waals surface area contributed by atoms with Crippen LogP contribution in [0.4, 0.5) is 0 Å². The van der Waals surface area contributed by atoms with Gasteiger partial charge in [-0.2, -0.15) is 0 Å². The van der Waals surface area contributed by atoms with Crippen molar-refractivity contribution in [3.8, 4) is 11.5 Å². The van der Waals surface area contributed by atoms with E-state index < -0.39 is 109 Å². The summed E-state index contributed by atoms with van der Waals surface area (Å²) in [6.07, 6.45) is -15.1. The smallest absolute Gasteiger partial charge is 0.336 e. The van der Waals surface area contributed by atoms with Crippen LogP contribution in [-0.2, 0) is 71.4 Å². The second-order valence-electron chi connectivity index (χ2n) is 11.9. The molecule has 2 fully saturated rings. The van der Waals surface area contributed by atoms with Crippen molar-refractivity contribution in [3.05, 3.63) is 34.7 Å². The first-order valence-electron chi connectivity index (χ1n) is 16.2. The van der Waals surface area contributed by atoms with Crippen LogP contribution >= 0.6 is 0 Å². The Morgan fingerprint density at radius 1 is 0.623 bits per heavy atom.